The van der Waals surface area contributed by atoms with Gasteiger partial charge in [-0.1, -0.05) is 30.3 Å². The van der Waals surface area contributed by atoms with Gasteiger partial charge in [0.25, 0.3) is 15.9 Å². The molecule has 0 unspecified atom stereocenters. The van der Waals surface area contributed by atoms with E-state index in [1.165, 1.54) is 6.07 Å². The molecule has 3 aromatic rings. The number of rotatable bonds is 6. The van der Waals surface area contributed by atoms with Crippen LogP contribution in [0.5, 0.6) is 0 Å². The number of amides is 1. The van der Waals surface area contributed by atoms with Crippen molar-refractivity contribution in [3.63, 3.8) is 0 Å². The number of hydrogen-bond donors (Lipinski definition) is 2. The molecule has 5 nitrogen and oxygen atoms in total. The maximum atomic E-state index is 12.3. The zero-order valence-electron chi connectivity index (χ0n) is 13.5. The summed E-state index contributed by atoms with van der Waals surface area (Å²) in [5, 5.41) is 2.83. The van der Waals surface area contributed by atoms with Crippen LogP contribution in [0.2, 0.25) is 0 Å². The van der Waals surface area contributed by atoms with Crippen LogP contribution in [-0.2, 0) is 16.6 Å². The minimum atomic E-state index is -3.63. The van der Waals surface area contributed by atoms with E-state index in [-0.39, 0.29) is 10.1 Å². The Morgan fingerprint density at radius 1 is 0.962 bits per heavy atom. The first kappa shape index (κ1) is 18.6. The van der Waals surface area contributed by atoms with Crippen LogP contribution in [0, 0.1) is 0 Å². The van der Waals surface area contributed by atoms with E-state index in [0.29, 0.717) is 17.8 Å². The van der Waals surface area contributed by atoms with Gasteiger partial charge in [-0.25, -0.2) is 8.42 Å². The van der Waals surface area contributed by atoms with E-state index in [0.717, 1.165) is 20.7 Å². The van der Waals surface area contributed by atoms with E-state index < -0.39 is 10.0 Å². The van der Waals surface area contributed by atoms with Crippen LogP contribution in [0.4, 0.5) is 5.69 Å². The van der Waals surface area contributed by atoms with E-state index in [2.05, 4.69) is 26.0 Å². The molecule has 3 rings (SSSR count). The Morgan fingerprint density at radius 2 is 1.65 bits per heavy atom. The molecule has 0 radical (unpaired) electrons. The van der Waals surface area contributed by atoms with Gasteiger partial charge < -0.3 is 5.32 Å². The summed E-state index contributed by atoms with van der Waals surface area (Å²) in [4.78, 5) is 12.2. The van der Waals surface area contributed by atoms with Gasteiger partial charge in [0.2, 0.25) is 0 Å². The van der Waals surface area contributed by atoms with Crippen molar-refractivity contribution in [3.8, 4) is 0 Å². The highest BCUT2D eigenvalue weighted by molar-refractivity contribution is 9.11. The SMILES string of the molecule is O=C(NCc1ccccc1)c1ccc(NS(=O)(=O)c2ccc(Br)s2)cc1. The minimum Gasteiger partial charge on any atom is -0.348 e. The van der Waals surface area contributed by atoms with Crippen molar-refractivity contribution in [2.45, 2.75) is 10.8 Å². The number of hydrogen-bond acceptors (Lipinski definition) is 4. The smallest absolute Gasteiger partial charge is 0.271 e. The van der Waals surface area contributed by atoms with Gasteiger partial charge in [-0.3, -0.25) is 9.52 Å². The maximum absolute atomic E-state index is 12.3. The highest BCUT2D eigenvalue weighted by atomic mass is 79.9. The third-order valence-corrected chi connectivity index (χ3v) is 7.01. The Balaban J connectivity index is 1.63. The molecule has 0 atom stereocenters. The second kappa shape index (κ2) is 8.03. The highest BCUT2D eigenvalue weighted by Crippen LogP contribution is 2.27. The Labute approximate surface area is 164 Å². The molecule has 0 bridgehead atoms. The predicted molar refractivity (Wildman–Crippen MR) is 107 cm³/mol. The van der Waals surface area contributed by atoms with E-state index in [1.807, 2.05) is 30.3 Å². The summed E-state index contributed by atoms with van der Waals surface area (Å²) in [6, 6.07) is 19.1. The van der Waals surface area contributed by atoms with Crippen molar-refractivity contribution < 1.29 is 13.2 Å². The summed E-state index contributed by atoms with van der Waals surface area (Å²) in [6.07, 6.45) is 0. The van der Waals surface area contributed by atoms with Crippen LogP contribution < -0.4 is 10.0 Å². The molecular formula is C18H15BrN2O3S2. The number of nitrogens with one attached hydrogen (secondary N) is 2. The zero-order chi connectivity index (χ0) is 18.6. The van der Waals surface area contributed by atoms with Crippen LogP contribution in [0.25, 0.3) is 0 Å². The average molecular weight is 451 g/mol. The number of carbonyl (C=O) groups is 1. The van der Waals surface area contributed by atoms with E-state index in [4.69, 9.17) is 0 Å². The molecule has 0 aliphatic rings. The molecule has 0 fully saturated rings. The van der Waals surface area contributed by atoms with Crippen molar-refractivity contribution in [1.82, 2.24) is 5.32 Å². The maximum Gasteiger partial charge on any atom is 0.271 e. The Bertz CT molecular complexity index is 1000. The lowest BCUT2D eigenvalue weighted by atomic mass is 10.2. The molecule has 0 spiro atoms. The van der Waals surface area contributed by atoms with Crippen LogP contribution in [-0.4, -0.2) is 14.3 Å². The van der Waals surface area contributed by atoms with E-state index in [9.17, 15) is 13.2 Å². The van der Waals surface area contributed by atoms with Crippen LogP contribution in [0.15, 0.2) is 74.7 Å². The summed E-state index contributed by atoms with van der Waals surface area (Å²) in [6.45, 7) is 0.432. The van der Waals surface area contributed by atoms with Gasteiger partial charge in [-0.05, 0) is 57.9 Å². The van der Waals surface area contributed by atoms with Gasteiger partial charge in [0.15, 0.2) is 0 Å². The van der Waals surface area contributed by atoms with Crippen LogP contribution in [0.3, 0.4) is 0 Å². The van der Waals surface area contributed by atoms with Gasteiger partial charge in [-0.15, -0.1) is 11.3 Å². The van der Waals surface area contributed by atoms with Gasteiger partial charge in [0.1, 0.15) is 4.21 Å². The number of halogens is 1. The predicted octanol–water partition coefficient (Wildman–Crippen LogP) is 4.24. The molecule has 0 saturated heterocycles. The first-order valence-corrected chi connectivity index (χ1v) is 10.7. The van der Waals surface area contributed by atoms with Crippen molar-refractivity contribution in [1.29, 1.82) is 0 Å². The lowest BCUT2D eigenvalue weighted by Gasteiger charge is -2.08. The van der Waals surface area contributed by atoms with Crippen LogP contribution >= 0.6 is 27.3 Å². The summed E-state index contributed by atoms with van der Waals surface area (Å²) < 4.78 is 28.0. The fourth-order valence-corrected chi connectivity index (χ4v) is 5.29. The van der Waals surface area contributed by atoms with Crippen molar-refractivity contribution in [3.05, 3.63) is 81.6 Å². The highest BCUT2D eigenvalue weighted by Gasteiger charge is 2.16. The molecule has 1 heterocycles. The molecular weight excluding hydrogens is 436 g/mol. The Hall–Kier alpha value is -2.16. The molecule has 1 aromatic heterocycles. The quantitative estimate of drug-likeness (QED) is 0.589. The number of carbonyl (C=O) groups excluding carboxylic acids is 1. The first-order valence-electron chi connectivity index (χ1n) is 7.64. The van der Waals surface area contributed by atoms with Crippen molar-refractivity contribution in [2.75, 3.05) is 4.72 Å². The third kappa shape index (κ3) is 4.72. The van der Waals surface area contributed by atoms with Gasteiger partial charge in [-0.2, -0.15) is 0 Å². The largest absolute Gasteiger partial charge is 0.348 e. The second-order valence-corrected chi connectivity index (χ2v) is 9.78. The lowest BCUT2D eigenvalue weighted by Crippen LogP contribution is -2.22. The van der Waals surface area contributed by atoms with E-state index in [1.54, 1.807) is 30.3 Å². The van der Waals surface area contributed by atoms with Gasteiger partial charge in [0, 0.05) is 17.8 Å². The topological polar surface area (TPSA) is 75.3 Å². The third-order valence-electron chi connectivity index (χ3n) is 3.51. The number of benzene rings is 2. The number of anilines is 1. The summed E-state index contributed by atoms with van der Waals surface area (Å²) >= 11 is 4.38. The molecule has 1 amide bonds. The first-order chi connectivity index (χ1) is 12.4. The minimum absolute atomic E-state index is 0.217. The lowest BCUT2D eigenvalue weighted by molar-refractivity contribution is 0.0951. The molecule has 2 aromatic carbocycles. The fourth-order valence-electron chi connectivity index (χ4n) is 2.22. The summed E-state index contributed by atoms with van der Waals surface area (Å²) in [5.74, 6) is -0.217. The average Bonchev–Trinajstić information content (AvgIpc) is 3.08. The molecule has 2 N–H and O–H groups in total. The molecule has 0 aliphatic heterocycles. The monoisotopic (exact) mass is 450 g/mol. The Kier molecular flexibility index (Phi) is 5.75. The number of sulfonamides is 1. The molecule has 8 heteroatoms. The standard InChI is InChI=1S/C18H15BrN2O3S2/c19-16-10-11-17(25-16)26(23,24)21-15-8-6-14(7-9-15)18(22)20-12-13-4-2-1-3-5-13/h1-11,21H,12H2,(H,20,22). The molecule has 0 saturated carbocycles. The van der Waals surface area contributed by atoms with E-state index >= 15 is 0 Å². The van der Waals surface area contributed by atoms with Crippen LogP contribution in [0.1, 0.15) is 15.9 Å². The number of thiophene rings is 1. The van der Waals surface area contributed by atoms with Crippen molar-refractivity contribution >= 4 is 48.9 Å². The molecule has 0 aliphatic carbocycles. The van der Waals surface area contributed by atoms with Gasteiger partial charge >= 0.3 is 0 Å². The van der Waals surface area contributed by atoms with Gasteiger partial charge in [0.05, 0.1) is 3.79 Å². The second-order valence-electron chi connectivity index (χ2n) is 5.41. The Morgan fingerprint density at radius 3 is 2.27 bits per heavy atom. The fraction of sp³-hybridized carbons (Fsp3) is 0.0556. The summed E-state index contributed by atoms with van der Waals surface area (Å²) in [5.41, 5.74) is 1.87. The zero-order valence-corrected chi connectivity index (χ0v) is 16.7. The molecule has 26 heavy (non-hydrogen) atoms. The summed E-state index contributed by atoms with van der Waals surface area (Å²) in [7, 11) is -3.63. The van der Waals surface area contributed by atoms with Crippen molar-refractivity contribution in [2.24, 2.45) is 0 Å². The normalized spacial score (nSPS) is 11.1. The molecule has 134 valence electrons.